The molecule has 0 bridgehead atoms. The predicted octanol–water partition coefficient (Wildman–Crippen LogP) is -0.0844. The van der Waals surface area contributed by atoms with Gasteiger partial charge < -0.3 is 39.4 Å². The van der Waals surface area contributed by atoms with Crippen LogP contribution in [0.4, 0.5) is 0 Å². The van der Waals surface area contributed by atoms with Crippen LogP contribution in [0.25, 0.3) is 6.08 Å². The lowest BCUT2D eigenvalue weighted by Gasteiger charge is -2.39. The van der Waals surface area contributed by atoms with Gasteiger partial charge in [0.15, 0.2) is 11.5 Å². The molecule has 0 amide bonds. The first-order valence-corrected chi connectivity index (χ1v) is 7.82. The zero-order valence-electron chi connectivity index (χ0n) is 14.3. The number of ether oxygens (including phenoxy) is 4. The van der Waals surface area contributed by atoms with Crippen molar-refractivity contribution in [1.82, 2.24) is 0 Å². The molecular weight excluding hydrogens is 332 g/mol. The molecule has 1 saturated heterocycles. The normalized spacial score (nSPS) is 29.6. The Labute approximate surface area is 145 Å². The second kappa shape index (κ2) is 8.50. The lowest BCUT2D eigenvalue weighted by atomic mass is 9.99. The van der Waals surface area contributed by atoms with Gasteiger partial charge in [-0.3, -0.25) is 0 Å². The molecule has 0 spiro atoms. The van der Waals surface area contributed by atoms with E-state index in [1.807, 2.05) is 19.1 Å². The van der Waals surface area contributed by atoms with Gasteiger partial charge in [-0.15, -0.1) is 0 Å². The van der Waals surface area contributed by atoms with Gasteiger partial charge in [0.1, 0.15) is 24.4 Å². The summed E-state index contributed by atoms with van der Waals surface area (Å²) in [4.78, 5) is 0. The number of rotatable bonds is 6. The molecule has 25 heavy (non-hydrogen) atoms. The highest BCUT2D eigenvalue weighted by molar-refractivity contribution is 5.62. The van der Waals surface area contributed by atoms with Crippen LogP contribution in [-0.2, 0) is 4.74 Å². The molecule has 8 nitrogen and oxygen atoms in total. The predicted molar refractivity (Wildman–Crippen MR) is 88.6 cm³/mol. The van der Waals surface area contributed by atoms with E-state index in [2.05, 4.69) is 0 Å². The van der Waals surface area contributed by atoms with E-state index in [4.69, 9.17) is 18.9 Å². The van der Waals surface area contributed by atoms with Gasteiger partial charge in [0.05, 0.1) is 20.8 Å². The van der Waals surface area contributed by atoms with E-state index in [9.17, 15) is 20.4 Å². The molecule has 0 saturated carbocycles. The maximum absolute atomic E-state index is 10.1. The van der Waals surface area contributed by atoms with E-state index < -0.39 is 37.3 Å². The van der Waals surface area contributed by atoms with Crippen LogP contribution in [0.3, 0.4) is 0 Å². The molecular formula is C17H24O8. The van der Waals surface area contributed by atoms with Crippen molar-refractivity contribution >= 4 is 6.08 Å². The maximum Gasteiger partial charge on any atom is 0.229 e. The van der Waals surface area contributed by atoms with Crippen LogP contribution in [0, 0.1) is 0 Å². The van der Waals surface area contributed by atoms with Gasteiger partial charge >= 0.3 is 0 Å². The highest BCUT2D eigenvalue weighted by Crippen LogP contribution is 2.40. The van der Waals surface area contributed by atoms with E-state index >= 15 is 0 Å². The monoisotopic (exact) mass is 356 g/mol. The van der Waals surface area contributed by atoms with Crippen molar-refractivity contribution in [3.63, 3.8) is 0 Å². The van der Waals surface area contributed by atoms with Crippen LogP contribution in [0.15, 0.2) is 18.2 Å². The van der Waals surface area contributed by atoms with Crippen molar-refractivity contribution in [2.75, 3.05) is 20.8 Å². The van der Waals surface area contributed by atoms with Crippen molar-refractivity contribution < 1.29 is 39.4 Å². The van der Waals surface area contributed by atoms with Crippen LogP contribution in [0.2, 0.25) is 0 Å². The van der Waals surface area contributed by atoms with Crippen molar-refractivity contribution in [3.05, 3.63) is 23.8 Å². The number of aliphatic hydroxyl groups excluding tert-OH is 4. The van der Waals surface area contributed by atoms with Gasteiger partial charge in [-0.2, -0.15) is 0 Å². The standard InChI is InChI=1S/C17H24O8/c1-4-5-9-6-10(22-2)16(11(7-9)23-3)25-17-15(21)14(20)13(19)12(8-18)24-17/h4-7,12-15,17-21H,8H2,1-3H3/t12-,13-,14+,15-,17+/m1/s1. The highest BCUT2D eigenvalue weighted by Gasteiger charge is 2.45. The second-order valence-electron chi connectivity index (χ2n) is 5.57. The summed E-state index contributed by atoms with van der Waals surface area (Å²) in [6.07, 6.45) is -3.21. The van der Waals surface area contributed by atoms with E-state index in [1.54, 1.807) is 12.1 Å². The largest absolute Gasteiger partial charge is 0.493 e. The third kappa shape index (κ3) is 4.05. The average Bonchev–Trinajstić information content (AvgIpc) is 2.62. The van der Waals surface area contributed by atoms with Gasteiger partial charge in [-0.05, 0) is 24.6 Å². The quantitative estimate of drug-likeness (QED) is 0.559. The summed E-state index contributed by atoms with van der Waals surface area (Å²) in [6.45, 7) is 1.33. The summed E-state index contributed by atoms with van der Waals surface area (Å²) in [5, 5.41) is 39.1. The molecule has 2 rings (SSSR count). The molecule has 5 atom stereocenters. The van der Waals surface area contributed by atoms with Gasteiger partial charge in [-0.25, -0.2) is 0 Å². The van der Waals surface area contributed by atoms with Crippen molar-refractivity contribution in [2.45, 2.75) is 37.6 Å². The Morgan fingerprint density at radius 3 is 2.12 bits per heavy atom. The lowest BCUT2D eigenvalue weighted by Crippen LogP contribution is -2.60. The summed E-state index contributed by atoms with van der Waals surface area (Å²) in [6, 6.07) is 3.42. The molecule has 1 aromatic rings. The Bertz CT molecular complexity index is 575. The summed E-state index contributed by atoms with van der Waals surface area (Å²) in [5.41, 5.74) is 0.817. The topological polar surface area (TPSA) is 118 Å². The highest BCUT2D eigenvalue weighted by atomic mass is 16.7. The fraction of sp³-hybridized carbons (Fsp3) is 0.529. The maximum atomic E-state index is 10.1. The zero-order chi connectivity index (χ0) is 18.6. The first-order valence-electron chi connectivity index (χ1n) is 7.82. The Morgan fingerprint density at radius 1 is 1.04 bits per heavy atom. The zero-order valence-corrected chi connectivity index (χ0v) is 14.3. The number of hydrogen-bond acceptors (Lipinski definition) is 8. The van der Waals surface area contributed by atoms with E-state index in [0.29, 0.717) is 11.5 Å². The molecule has 0 aliphatic carbocycles. The number of aliphatic hydroxyl groups is 4. The molecule has 1 fully saturated rings. The fourth-order valence-electron chi connectivity index (χ4n) is 2.59. The number of benzene rings is 1. The van der Waals surface area contributed by atoms with E-state index in [0.717, 1.165) is 5.56 Å². The van der Waals surface area contributed by atoms with Gasteiger partial charge in [0.25, 0.3) is 0 Å². The van der Waals surface area contributed by atoms with Gasteiger partial charge in [-0.1, -0.05) is 12.2 Å². The van der Waals surface area contributed by atoms with Crippen molar-refractivity contribution in [2.24, 2.45) is 0 Å². The summed E-state index contributed by atoms with van der Waals surface area (Å²) in [5.74, 6) is 0.844. The molecule has 8 heteroatoms. The molecule has 0 aromatic heterocycles. The number of methoxy groups -OCH3 is 2. The second-order valence-corrected chi connectivity index (χ2v) is 5.57. The third-order valence-electron chi connectivity index (χ3n) is 3.92. The SMILES string of the molecule is CC=Cc1cc(OC)c(O[C@@H]2O[C@H](CO)[C@@H](O)[C@H](O)[C@H]2O)c(OC)c1. The first-order chi connectivity index (χ1) is 12.0. The lowest BCUT2D eigenvalue weighted by molar-refractivity contribution is -0.277. The minimum atomic E-state index is -1.53. The van der Waals surface area contributed by atoms with Crippen LogP contribution in [0.1, 0.15) is 12.5 Å². The van der Waals surface area contributed by atoms with E-state index in [-0.39, 0.29) is 5.75 Å². The van der Waals surface area contributed by atoms with Crippen LogP contribution >= 0.6 is 0 Å². The molecule has 1 heterocycles. The Balaban J connectivity index is 2.34. The number of allylic oxidation sites excluding steroid dienone is 1. The van der Waals surface area contributed by atoms with Crippen LogP contribution in [-0.4, -0.2) is 72.0 Å². The van der Waals surface area contributed by atoms with Crippen molar-refractivity contribution in [1.29, 1.82) is 0 Å². The van der Waals surface area contributed by atoms with Gasteiger partial charge in [0, 0.05) is 0 Å². The van der Waals surface area contributed by atoms with E-state index in [1.165, 1.54) is 14.2 Å². The summed E-state index contributed by atoms with van der Waals surface area (Å²) < 4.78 is 21.7. The summed E-state index contributed by atoms with van der Waals surface area (Å²) >= 11 is 0. The Hall–Kier alpha value is -1.84. The molecule has 1 aliphatic heterocycles. The minimum Gasteiger partial charge on any atom is -0.493 e. The molecule has 140 valence electrons. The Kier molecular flexibility index (Phi) is 6.63. The van der Waals surface area contributed by atoms with Gasteiger partial charge in [0.2, 0.25) is 12.0 Å². The summed E-state index contributed by atoms with van der Waals surface area (Å²) in [7, 11) is 2.91. The first kappa shape index (κ1) is 19.5. The number of hydrogen-bond donors (Lipinski definition) is 4. The Morgan fingerprint density at radius 2 is 1.64 bits per heavy atom. The van der Waals surface area contributed by atoms with Crippen molar-refractivity contribution in [3.8, 4) is 17.2 Å². The third-order valence-corrected chi connectivity index (χ3v) is 3.92. The molecule has 4 N–H and O–H groups in total. The molecule has 1 aromatic carbocycles. The minimum absolute atomic E-state index is 0.169. The van der Waals surface area contributed by atoms with Crippen LogP contribution in [0.5, 0.6) is 17.2 Å². The van der Waals surface area contributed by atoms with Crippen LogP contribution < -0.4 is 14.2 Å². The fourth-order valence-corrected chi connectivity index (χ4v) is 2.59. The average molecular weight is 356 g/mol. The molecule has 1 aliphatic rings. The smallest absolute Gasteiger partial charge is 0.229 e. The molecule has 0 unspecified atom stereocenters. The molecule has 0 radical (unpaired) electrons.